The molecule has 1 aromatic heterocycles. The Morgan fingerprint density at radius 3 is 2.32 bits per heavy atom. The topological polar surface area (TPSA) is 73.7 Å². The summed E-state index contributed by atoms with van der Waals surface area (Å²) in [6.45, 7) is 0.212. The Balaban J connectivity index is 1.84. The highest BCUT2D eigenvalue weighted by atomic mass is 16.3. The maximum atomic E-state index is 13.0. The number of carbonyl (C=O) groups excluding carboxylic acids is 2. The van der Waals surface area contributed by atoms with Gasteiger partial charge in [0.25, 0.3) is 11.7 Å². The number of ketones is 1. The van der Waals surface area contributed by atoms with Gasteiger partial charge in [-0.1, -0.05) is 48.5 Å². The van der Waals surface area contributed by atoms with E-state index in [0.717, 1.165) is 16.8 Å². The maximum Gasteiger partial charge on any atom is 0.295 e. The number of hydrogen-bond acceptors (Lipinski definition) is 5. The number of rotatable bonds is 5. The lowest BCUT2D eigenvalue weighted by atomic mass is 9.95. The van der Waals surface area contributed by atoms with E-state index in [1.165, 1.54) is 4.90 Å². The molecule has 1 amide bonds. The number of aliphatic hydroxyl groups is 1. The highest BCUT2D eigenvalue weighted by molar-refractivity contribution is 6.46. The molecule has 1 N–H and O–H groups in total. The predicted octanol–water partition coefficient (Wildman–Crippen LogP) is 3.77. The molecule has 0 unspecified atom stereocenters. The minimum atomic E-state index is -0.698. The molecule has 1 aliphatic rings. The zero-order chi connectivity index (χ0) is 22.0. The van der Waals surface area contributed by atoms with Gasteiger partial charge in [0.15, 0.2) is 0 Å². The number of nitrogens with zero attached hydrogens (tertiary/aromatic N) is 3. The summed E-state index contributed by atoms with van der Waals surface area (Å²) in [6, 6.07) is 19.4. The fourth-order valence-corrected chi connectivity index (χ4v) is 3.78. The van der Waals surface area contributed by atoms with Crippen molar-refractivity contribution >= 4 is 23.1 Å². The van der Waals surface area contributed by atoms with Gasteiger partial charge in [-0.2, -0.15) is 0 Å². The Hall–Kier alpha value is -3.93. The molecule has 3 aromatic rings. The number of likely N-dealkylation sites (tertiary alicyclic amines) is 1. The van der Waals surface area contributed by atoms with Gasteiger partial charge >= 0.3 is 0 Å². The maximum absolute atomic E-state index is 13.0. The zero-order valence-corrected chi connectivity index (χ0v) is 17.4. The van der Waals surface area contributed by atoms with Gasteiger partial charge in [-0.25, -0.2) is 0 Å². The number of hydrogen-bond donors (Lipinski definition) is 1. The zero-order valence-electron chi connectivity index (χ0n) is 17.4. The van der Waals surface area contributed by atoms with E-state index < -0.39 is 17.7 Å². The number of Topliss-reactive ketones (excluding diaryl/α,β-unsaturated/α-hetero) is 1. The number of benzene rings is 2. The molecule has 156 valence electrons. The average Bonchev–Trinajstić information content (AvgIpc) is 3.05. The van der Waals surface area contributed by atoms with Crippen molar-refractivity contribution in [2.75, 3.05) is 19.0 Å². The van der Waals surface area contributed by atoms with E-state index in [1.54, 1.807) is 42.7 Å². The Morgan fingerprint density at radius 2 is 1.71 bits per heavy atom. The van der Waals surface area contributed by atoms with Crippen molar-refractivity contribution < 1.29 is 14.7 Å². The fourth-order valence-electron chi connectivity index (χ4n) is 3.78. The molecule has 2 aromatic carbocycles. The van der Waals surface area contributed by atoms with E-state index in [9.17, 15) is 14.7 Å². The third-order valence-electron chi connectivity index (χ3n) is 5.39. The minimum Gasteiger partial charge on any atom is -0.507 e. The second-order valence-electron chi connectivity index (χ2n) is 7.64. The van der Waals surface area contributed by atoms with Crippen LogP contribution in [0.1, 0.15) is 22.7 Å². The van der Waals surface area contributed by atoms with Crippen LogP contribution in [-0.2, 0) is 16.1 Å². The van der Waals surface area contributed by atoms with Crippen LogP contribution in [0, 0.1) is 0 Å². The van der Waals surface area contributed by atoms with Gasteiger partial charge in [0.05, 0.1) is 11.6 Å². The van der Waals surface area contributed by atoms with Gasteiger partial charge in [0.1, 0.15) is 5.76 Å². The molecule has 4 rings (SSSR count). The SMILES string of the molecule is CN(C)c1ccc([C@H]2C(=C(O)c3ccccc3)C(=O)C(=O)N2Cc2cccnc2)cc1. The monoisotopic (exact) mass is 413 g/mol. The third-order valence-corrected chi connectivity index (χ3v) is 5.39. The van der Waals surface area contributed by atoms with Crippen molar-refractivity contribution in [1.29, 1.82) is 0 Å². The molecule has 0 radical (unpaired) electrons. The summed E-state index contributed by atoms with van der Waals surface area (Å²) in [4.78, 5) is 33.6. The first-order valence-corrected chi connectivity index (χ1v) is 9.97. The first-order valence-electron chi connectivity index (χ1n) is 9.97. The summed E-state index contributed by atoms with van der Waals surface area (Å²) in [6.07, 6.45) is 3.33. The standard InChI is InChI=1S/C25H23N3O3/c1-27(2)20-12-10-18(11-13-20)22-21(23(29)19-8-4-3-5-9-19)24(30)25(31)28(22)16-17-7-6-14-26-15-17/h3-15,22,29H,16H2,1-2H3/t22-/m0/s1. The Labute approximate surface area is 181 Å². The second kappa shape index (κ2) is 8.44. The minimum absolute atomic E-state index is 0.0951. The van der Waals surface area contributed by atoms with E-state index in [4.69, 9.17) is 0 Å². The van der Waals surface area contributed by atoms with Crippen LogP contribution < -0.4 is 4.90 Å². The molecule has 0 aliphatic carbocycles. The lowest BCUT2D eigenvalue weighted by Crippen LogP contribution is -2.29. The van der Waals surface area contributed by atoms with Gasteiger partial charge in [0.2, 0.25) is 0 Å². The molecule has 0 spiro atoms. The normalized spacial score (nSPS) is 17.7. The predicted molar refractivity (Wildman–Crippen MR) is 119 cm³/mol. The molecule has 1 atom stereocenters. The van der Waals surface area contributed by atoms with Gasteiger partial charge in [-0.3, -0.25) is 14.6 Å². The van der Waals surface area contributed by atoms with Gasteiger partial charge in [-0.15, -0.1) is 0 Å². The van der Waals surface area contributed by atoms with Crippen LogP contribution in [0.4, 0.5) is 5.69 Å². The van der Waals surface area contributed by atoms with Crippen molar-refractivity contribution in [3.63, 3.8) is 0 Å². The van der Waals surface area contributed by atoms with Crippen LogP contribution in [0.15, 0.2) is 84.7 Å². The summed E-state index contributed by atoms with van der Waals surface area (Å²) < 4.78 is 0. The summed E-state index contributed by atoms with van der Waals surface area (Å²) in [7, 11) is 3.89. The highest BCUT2D eigenvalue weighted by Gasteiger charge is 2.46. The first kappa shape index (κ1) is 20.3. The summed E-state index contributed by atoms with van der Waals surface area (Å²) in [5.74, 6) is -1.50. The number of carbonyl (C=O) groups is 2. The molecule has 6 nitrogen and oxygen atoms in total. The molecule has 2 heterocycles. The smallest absolute Gasteiger partial charge is 0.295 e. The molecule has 6 heteroatoms. The molecule has 0 saturated carbocycles. The summed E-state index contributed by atoms with van der Waals surface area (Å²) in [5.41, 5.74) is 3.15. The highest BCUT2D eigenvalue weighted by Crippen LogP contribution is 2.40. The van der Waals surface area contributed by atoms with E-state index >= 15 is 0 Å². The molecule has 1 fully saturated rings. The van der Waals surface area contributed by atoms with Crippen molar-refractivity contribution in [1.82, 2.24) is 9.88 Å². The van der Waals surface area contributed by atoms with Gasteiger partial charge in [0, 0.05) is 44.3 Å². The van der Waals surface area contributed by atoms with Crippen molar-refractivity contribution in [3.05, 3.63) is 101 Å². The van der Waals surface area contributed by atoms with Crippen LogP contribution >= 0.6 is 0 Å². The Bertz CT molecular complexity index is 1120. The van der Waals surface area contributed by atoms with Gasteiger partial charge < -0.3 is 14.9 Å². The second-order valence-corrected chi connectivity index (χ2v) is 7.64. The number of amides is 1. The number of aromatic nitrogens is 1. The van der Waals surface area contributed by atoms with Crippen molar-refractivity contribution in [2.45, 2.75) is 12.6 Å². The lowest BCUT2D eigenvalue weighted by Gasteiger charge is -2.26. The number of aliphatic hydroxyl groups excluding tert-OH is 1. The van der Waals surface area contributed by atoms with E-state index in [1.807, 2.05) is 55.4 Å². The van der Waals surface area contributed by atoms with Crippen molar-refractivity contribution in [2.24, 2.45) is 0 Å². The fraction of sp³-hybridized carbons (Fsp3) is 0.160. The van der Waals surface area contributed by atoms with Gasteiger partial charge in [-0.05, 0) is 29.3 Å². The molecule has 0 bridgehead atoms. The van der Waals surface area contributed by atoms with E-state index in [0.29, 0.717) is 5.56 Å². The Kier molecular flexibility index (Phi) is 5.54. The molecule has 31 heavy (non-hydrogen) atoms. The molecule has 1 aliphatic heterocycles. The third kappa shape index (κ3) is 3.92. The molecule has 1 saturated heterocycles. The lowest BCUT2D eigenvalue weighted by molar-refractivity contribution is -0.140. The van der Waals surface area contributed by atoms with Crippen LogP contribution in [0.25, 0.3) is 5.76 Å². The average molecular weight is 413 g/mol. The van der Waals surface area contributed by atoms with Crippen LogP contribution in [0.3, 0.4) is 0 Å². The summed E-state index contributed by atoms with van der Waals surface area (Å²) in [5, 5.41) is 11.0. The largest absolute Gasteiger partial charge is 0.507 e. The van der Waals surface area contributed by atoms with Crippen molar-refractivity contribution in [3.8, 4) is 0 Å². The van der Waals surface area contributed by atoms with E-state index in [2.05, 4.69) is 4.98 Å². The number of pyridine rings is 1. The van der Waals surface area contributed by atoms with Crippen LogP contribution in [0.2, 0.25) is 0 Å². The number of anilines is 1. The molecular weight excluding hydrogens is 390 g/mol. The Morgan fingerprint density at radius 1 is 1.00 bits per heavy atom. The van der Waals surface area contributed by atoms with Crippen LogP contribution in [0.5, 0.6) is 0 Å². The molecular formula is C25H23N3O3. The van der Waals surface area contributed by atoms with E-state index in [-0.39, 0.29) is 17.9 Å². The quantitative estimate of drug-likeness (QED) is 0.392. The first-order chi connectivity index (χ1) is 15.0. The summed E-state index contributed by atoms with van der Waals surface area (Å²) >= 11 is 0. The van der Waals surface area contributed by atoms with Crippen LogP contribution in [-0.4, -0.2) is 40.8 Å².